The molecule has 0 aromatic carbocycles. The second kappa shape index (κ2) is 13.4. The summed E-state index contributed by atoms with van der Waals surface area (Å²) in [6.07, 6.45) is 15.5. The maximum atomic E-state index is 9.10. The molecule has 1 saturated heterocycles. The molecule has 3 heterocycles. The molecule has 0 bridgehead atoms. The van der Waals surface area contributed by atoms with Crippen LogP contribution in [0.5, 0.6) is 0 Å². The minimum atomic E-state index is -1.01. The highest BCUT2D eigenvalue weighted by Crippen LogP contribution is 2.65. The van der Waals surface area contributed by atoms with Crippen molar-refractivity contribution in [3.63, 3.8) is 0 Å². The Labute approximate surface area is 261 Å². The van der Waals surface area contributed by atoms with E-state index in [0.717, 1.165) is 4.80 Å². The summed E-state index contributed by atoms with van der Waals surface area (Å²) in [5, 5.41) is 18.7. The van der Waals surface area contributed by atoms with E-state index < -0.39 is 11.2 Å². The maximum absolute atomic E-state index is 9.10. The van der Waals surface area contributed by atoms with E-state index in [0.29, 0.717) is 11.2 Å². The van der Waals surface area contributed by atoms with Gasteiger partial charge in [-0.2, -0.15) is 0 Å². The van der Waals surface area contributed by atoms with Crippen LogP contribution in [0, 0.1) is 5.92 Å². The molecule has 4 nitrogen and oxygen atoms in total. The van der Waals surface area contributed by atoms with Crippen LogP contribution in [-0.4, -0.2) is 47.6 Å². The number of fused-ring (bicyclic) bond motifs is 3. The summed E-state index contributed by atoms with van der Waals surface area (Å²) >= 11 is 3.82. The minimum Gasteiger partial charge on any atom is -0.399 e. The van der Waals surface area contributed by atoms with Gasteiger partial charge in [0, 0.05) is 26.2 Å². The Morgan fingerprint density at radius 2 is 1.34 bits per heavy atom. The summed E-state index contributed by atoms with van der Waals surface area (Å²) in [5.41, 5.74) is -0.815. The summed E-state index contributed by atoms with van der Waals surface area (Å²) in [6.45, 7) is 19.5. The third-order valence-electron chi connectivity index (χ3n) is 10.1. The van der Waals surface area contributed by atoms with Crippen molar-refractivity contribution in [2.75, 3.05) is 0 Å². The van der Waals surface area contributed by atoms with Crippen LogP contribution in [0.3, 0.4) is 0 Å². The molecule has 2 radical (unpaired) electrons. The highest BCUT2D eigenvalue weighted by molar-refractivity contribution is 8.05. The standard InChI is InChI=1S/C27H42B2O2S2.C6H14O2/c1-7-9-11-13-15-27(16-14-12-10-8-2)19-17-21(28)32-23(19)24-20(27)18-22(33-24)29-30-25(3,4)26(5,6)31-29;1-5(2,7)6(3,4)8/h17-19,23H,7-16H2,1-6H3;7-8H,1-4H3. The third kappa shape index (κ3) is 7.71. The number of allylic oxidation sites excluding steroid dienone is 1. The number of unbranched alkanes of at least 4 members (excludes halogenated alkanes) is 6. The average molecular weight is 603 g/mol. The van der Waals surface area contributed by atoms with E-state index in [4.69, 9.17) is 27.4 Å². The van der Waals surface area contributed by atoms with Gasteiger partial charge in [-0.1, -0.05) is 76.1 Å². The lowest BCUT2D eigenvalue weighted by Gasteiger charge is -2.36. The molecule has 1 aromatic heterocycles. The van der Waals surface area contributed by atoms with Crippen molar-refractivity contribution in [3.8, 4) is 0 Å². The predicted octanol–water partition coefficient (Wildman–Crippen LogP) is 8.18. The van der Waals surface area contributed by atoms with Crippen molar-refractivity contribution in [2.45, 2.75) is 167 Å². The smallest absolute Gasteiger partial charge is 0.399 e. The number of aliphatic hydroxyl groups is 2. The topological polar surface area (TPSA) is 58.9 Å². The Morgan fingerprint density at radius 1 is 0.854 bits per heavy atom. The van der Waals surface area contributed by atoms with Crippen LogP contribution < -0.4 is 4.78 Å². The summed E-state index contributed by atoms with van der Waals surface area (Å²) in [4.78, 5) is 2.56. The first-order valence-corrected chi connectivity index (χ1v) is 17.7. The second-order valence-electron chi connectivity index (χ2n) is 14.5. The van der Waals surface area contributed by atoms with Crippen molar-refractivity contribution >= 4 is 42.8 Å². The highest BCUT2D eigenvalue weighted by atomic mass is 32.2. The Kier molecular flexibility index (Phi) is 11.5. The van der Waals surface area contributed by atoms with Crippen molar-refractivity contribution in [2.24, 2.45) is 5.92 Å². The normalized spacial score (nSPS) is 24.1. The van der Waals surface area contributed by atoms with Gasteiger partial charge >= 0.3 is 7.12 Å². The molecular weight excluding hydrogens is 546 g/mol. The van der Waals surface area contributed by atoms with Crippen LogP contribution in [0.2, 0.25) is 0 Å². The number of hydrogen-bond acceptors (Lipinski definition) is 6. The minimum absolute atomic E-state index is 0.216. The second-order valence-corrected chi connectivity index (χ2v) is 16.9. The number of thiophene rings is 1. The van der Waals surface area contributed by atoms with Gasteiger partial charge < -0.3 is 19.5 Å². The lowest BCUT2D eigenvalue weighted by molar-refractivity contribution is -0.107. The van der Waals surface area contributed by atoms with Crippen molar-refractivity contribution < 1.29 is 19.5 Å². The molecule has 41 heavy (non-hydrogen) atoms. The molecular formula is C33H56B2O4S2. The molecule has 8 heteroatoms. The quantitative estimate of drug-likeness (QED) is 0.187. The van der Waals surface area contributed by atoms with Gasteiger partial charge in [-0.3, -0.25) is 0 Å². The van der Waals surface area contributed by atoms with E-state index in [1.165, 1.54) is 73.9 Å². The lowest BCUT2D eigenvalue weighted by atomic mass is 9.67. The Hall–Kier alpha value is -0.240. The molecule has 1 aromatic rings. The van der Waals surface area contributed by atoms with Crippen molar-refractivity contribution in [1.82, 2.24) is 0 Å². The van der Waals surface area contributed by atoms with E-state index in [2.05, 4.69) is 53.7 Å². The zero-order chi connectivity index (χ0) is 30.9. The van der Waals surface area contributed by atoms with Crippen molar-refractivity contribution in [1.29, 1.82) is 0 Å². The Balaban J connectivity index is 0.000000507. The monoisotopic (exact) mass is 602 g/mol. The van der Waals surface area contributed by atoms with Gasteiger partial charge in [0.15, 0.2) is 0 Å². The van der Waals surface area contributed by atoms with Gasteiger partial charge in [0.1, 0.15) is 7.85 Å². The fraction of sp³-hybridized carbons (Fsp3) is 0.818. The summed E-state index contributed by atoms with van der Waals surface area (Å²) in [5.74, 6) is 0.541. The number of hydrogen-bond donors (Lipinski definition) is 2. The average Bonchev–Trinajstić information content (AvgIpc) is 3.55. The van der Waals surface area contributed by atoms with Gasteiger partial charge in [-0.25, -0.2) is 0 Å². The molecule has 230 valence electrons. The van der Waals surface area contributed by atoms with Crippen LogP contribution in [-0.2, 0) is 14.7 Å². The van der Waals surface area contributed by atoms with Gasteiger partial charge in [0.25, 0.3) is 0 Å². The van der Waals surface area contributed by atoms with Crippen LogP contribution in [0.15, 0.2) is 16.9 Å². The van der Waals surface area contributed by atoms with E-state index in [9.17, 15) is 0 Å². The van der Waals surface area contributed by atoms with E-state index in [-0.39, 0.29) is 23.7 Å². The van der Waals surface area contributed by atoms with Crippen molar-refractivity contribution in [3.05, 3.63) is 27.4 Å². The zero-order valence-corrected chi connectivity index (χ0v) is 29.2. The van der Waals surface area contributed by atoms with Crippen LogP contribution in [0.25, 0.3) is 0 Å². The molecule has 3 aliphatic rings. The fourth-order valence-electron chi connectivity index (χ4n) is 5.93. The van der Waals surface area contributed by atoms with Crippen LogP contribution in [0.1, 0.15) is 149 Å². The van der Waals surface area contributed by atoms with Gasteiger partial charge in [0.05, 0.1) is 22.4 Å². The zero-order valence-electron chi connectivity index (χ0n) is 27.6. The molecule has 2 aliphatic heterocycles. The summed E-state index contributed by atoms with van der Waals surface area (Å²) in [6, 6.07) is 2.48. The van der Waals surface area contributed by atoms with E-state index in [1.807, 2.05) is 23.1 Å². The molecule has 0 amide bonds. The SMILES string of the molecule is CC(C)(O)C(C)(C)O.[B]C1=CC2C(S1)c1sc(B3OC(C)(C)C(C)(C)O3)cc1C2(CCCCCC)CCCCCC. The van der Waals surface area contributed by atoms with Crippen LogP contribution >= 0.6 is 23.1 Å². The molecule has 2 unspecified atom stereocenters. The van der Waals surface area contributed by atoms with Crippen LogP contribution in [0.4, 0.5) is 0 Å². The Bertz CT molecular complexity index is 995. The summed E-state index contributed by atoms with van der Waals surface area (Å²) in [7, 11) is 6.17. The Morgan fingerprint density at radius 3 is 1.78 bits per heavy atom. The predicted molar refractivity (Wildman–Crippen MR) is 179 cm³/mol. The number of rotatable bonds is 12. The molecule has 0 saturated carbocycles. The van der Waals surface area contributed by atoms with Gasteiger partial charge in [-0.15, -0.1) is 23.1 Å². The number of thioether (sulfide) groups is 1. The third-order valence-corrected chi connectivity index (χ3v) is 12.7. The molecule has 2 atom stereocenters. The maximum Gasteiger partial charge on any atom is 0.505 e. The first-order valence-electron chi connectivity index (χ1n) is 16.0. The first-order chi connectivity index (χ1) is 18.9. The first kappa shape index (κ1) is 35.2. The molecule has 0 spiro atoms. The van der Waals surface area contributed by atoms with E-state index >= 15 is 0 Å². The highest BCUT2D eigenvalue weighted by Gasteiger charge is 2.56. The molecule has 1 fully saturated rings. The molecule has 2 N–H and O–H groups in total. The lowest BCUT2D eigenvalue weighted by Crippen LogP contribution is -2.44. The molecule has 4 rings (SSSR count). The van der Waals surface area contributed by atoms with Gasteiger partial charge in [-0.05, 0) is 79.9 Å². The molecule has 1 aliphatic carbocycles. The fourth-order valence-corrected chi connectivity index (χ4v) is 8.72. The largest absolute Gasteiger partial charge is 0.505 e. The van der Waals surface area contributed by atoms with E-state index in [1.54, 1.807) is 33.3 Å². The van der Waals surface area contributed by atoms with Gasteiger partial charge in [0.2, 0.25) is 0 Å². The summed E-state index contributed by atoms with van der Waals surface area (Å²) < 4.78 is 14.2.